The van der Waals surface area contributed by atoms with Gasteiger partial charge < -0.3 is 9.64 Å². The van der Waals surface area contributed by atoms with Gasteiger partial charge in [0, 0.05) is 13.1 Å². The maximum absolute atomic E-state index is 13.5. The third kappa shape index (κ3) is 3.81. The zero-order valence-corrected chi connectivity index (χ0v) is 19.3. The molecule has 4 bridgehead atoms. The van der Waals surface area contributed by atoms with Gasteiger partial charge in [0.05, 0.1) is 5.41 Å². The molecule has 4 heteroatoms. The molecule has 0 N–H and O–H groups in total. The summed E-state index contributed by atoms with van der Waals surface area (Å²) >= 11 is 0. The minimum atomic E-state index is -0.387. The van der Waals surface area contributed by atoms with Gasteiger partial charge in [-0.15, -0.1) is 0 Å². The number of ether oxygens (including phenoxy) is 1. The number of aryl methyl sites for hydroxylation is 2. The van der Waals surface area contributed by atoms with Gasteiger partial charge in [0.1, 0.15) is 0 Å². The van der Waals surface area contributed by atoms with E-state index < -0.39 is 0 Å². The number of hydrogen-bond acceptors (Lipinski definition) is 3. The van der Waals surface area contributed by atoms with Gasteiger partial charge in [0.2, 0.25) is 0 Å². The molecule has 4 aliphatic carbocycles. The summed E-state index contributed by atoms with van der Waals surface area (Å²) in [5.74, 6) is 1.11. The minimum Gasteiger partial charge on any atom is -0.455 e. The number of benzene rings is 1. The Bertz CT molecular complexity index is 853. The van der Waals surface area contributed by atoms with Gasteiger partial charge >= 0.3 is 5.97 Å². The Labute approximate surface area is 186 Å². The molecule has 0 spiro atoms. The topological polar surface area (TPSA) is 46.6 Å². The molecule has 6 rings (SSSR count). The van der Waals surface area contributed by atoms with E-state index in [1.807, 2.05) is 4.90 Å². The molecule has 1 amide bonds. The standard InChI is InChI=1S/C27H37NO3/c1-19-7-8-23(11-20(19)2)26-13-21-12-22(14-26)16-27(15-21,18-26)25(30)31-17-24(29)28-9-5-3-4-6-10-28/h7-8,11,21-22H,3-6,9-10,12-18H2,1-2H3/t21-,22+,26?,27?. The molecule has 1 saturated heterocycles. The molecule has 2 unspecified atom stereocenters. The molecule has 1 aliphatic heterocycles. The first-order valence-corrected chi connectivity index (χ1v) is 12.4. The third-order valence-corrected chi connectivity index (χ3v) is 8.90. The molecule has 4 saturated carbocycles. The quantitative estimate of drug-likeness (QED) is 0.634. The Morgan fingerprint density at radius 2 is 1.65 bits per heavy atom. The second-order valence-corrected chi connectivity index (χ2v) is 11.2. The summed E-state index contributed by atoms with van der Waals surface area (Å²) in [5.41, 5.74) is 3.81. The van der Waals surface area contributed by atoms with Crippen molar-refractivity contribution >= 4 is 11.9 Å². The predicted molar refractivity (Wildman–Crippen MR) is 121 cm³/mol. The second-order valence-electron chi connectivity index (χ2n) is 11.2. The van der Waals surface area contributed by atoms with E-state index in [-0.39, 0.29) is 29.3 Å². The summed E-state index contributed by atoms with van der Waals surface area (Å²) < 4.78 is 5.78. The van der Waals surface area contributed by atoms with Crippen LogP contribution in [0.5, 0.6) is 0 Å². The molecular formula is C27H37NO3. The van der Waals surface area contributed by atoms with E-state index in [1.165, 1.54) is 48.8 Å². The Kier molecular flexibility index (Phi) is 5.38. The van der Waals surface area contributed by atoms with Crippen LogP contribution in [0.15, 0.2) is 18.2 Å². The van der Waals surface area contributed by atoms with Gasteiger partial charge in [-0.05, 0) is 99.2 Å². The molecule has 1 aromatic rings. The summed E-state index contributed by atoms with van der Waals surface area (Å²) in [7, 11) is 0. The van der Waals surface area contributed by atoms with Crippen molar-refractivity contribution in [2.45, 2.75) is 83.5 Å². The zero-order chi connectivity index (χ0) is 21.6. The van der Waals surface area contributed by atoms with Gasteiger partial charge in [0.25, 0.3) is 5.91 Å². The maximum atomic E-state index is 13.5. The summed E-state index contributed by atoms with van der Waals surface area (Å²) in [6.45, 7) is 5.90. The fourth-order valence-corrected chi connectivity index (χ4v) is 7.60. The van der Waals surface area contributed by atoms with Crippen molar-refractivity contribution in [3.63, 3.8) is 0 Å². The smallest absolute Gasteiger partial charge is 0.312 e. The number of hydrogen-bond donors (Lipinski definition) is 0. The molecule has 0 radical (unpaired) electrons. The molecule has 1 aromatic carbocycles. The van der Waals surface area contributed by atoms with Gasteiger partial charge in [-0.25, -0.2) is 0 Å². The SMILES string of the molecule is Cc1ccc(C23C[C@@H]4C[C@@H](CC(C(=O)OCC(=O)N5CCCCCC5)(C4)C2)C3)cc1C. The Balaban J connectivity index is 1.32. The molecule has 5 aliphatic rings. The van der Waals surface area contributed by atoms with Crippen LogP contribution in [-0.4, -0.2) is 36.5 Å². The lowest BCUT2D eigenvalue weighted by Crippen LogP contribution is -2.57. The number of esters is 1. The first-order valence-electron chi connectivity index (χ1n) is 12.4. The van der Waals surface area contributed by atoms with Crippen molar-refractivity contribution in [2.24, 2.45) is 17.3 Å². The molecule has 168 valence electrons. The van der Waals surface area contributed by atoms with Crippen molar-refractivity contribution in [1.82, 2.24) is 4.90 Å². The van der Waals surface area contributed by atoms with Gasteiger partial charge in [-0.1, -0.05) is 31.0 Å². The van der Waals surface area contributed by atoms with E-state index in [0.717, 1.165) is 45.2 Å². The first-order chi connectivity index (χ1) is 14.9. The average molecular weight is 424 g/mol. The monoisotopic (exact) mass is 423 g/mol. The number of rotatable bonds is 4. The fraction of sp³-hybridized carbons (Fsp3) is 0.704. The number of carbonyl (C=O) groups excluding carboxylic acids is 2. The van der Waals surface area contributed by atoms with Crippen LogP contribution in [0.4, 0.5) is 0 Å². The Morgan fingerprint density at radius 3 is 2.29 bits per heavy atom. The predicted octanol–water partition coefficient (Wildman–Crippen LogP) is 5.09. The van der Waals surface area contributed by atoms with Crippen LogP contribution >= 0.6 is 0 Å². The lowest BCUT2D eigenvalue weighted by molar-refractivity contribution is -0.176. The van der Waals surface area contributed by atoms with Crippen LogP contribution in [0.25, 0.3) is 0 Å². The number of carbonyl (C=O) groups is 2. The highest BCUT2D eigenvalue weighted by molar-refractivity contribution is 5.83. The summed E-state index contributed by atoms with van der Waals surface area (Å²) in [4.78, 5) is 28.0. The van der Waals surface area contributed by atoms with Crippen molar-refractivity contribution in [3.8, 4) is 0 Å². The van der Waals surface area contributed by atoms with E-state index >= 15 is 0 Å². The lowest BCUT2D eigenvalue weighted by Gasteiger charge is -2.61. The van der Waals surface area contributed by atoms with Crippen LogP contribution in [0, 0.1) is 31.1 Å². The van der Waals surface area contributed by atoms with Crippen molar-refractivity contribution in [1.29, 1.82) is 0 Å². The second kappa shape index (κ2) is 7.94. The van der Waals surface area contributed by atoms with Gasteiger partial charge in [-0.2, -0.15) is 0 Å². The minimum absolute atomic E-state index is 0.0103. The number of likely N-dealkylation sites (tertiary alicyclic amines) is 1. The molecule has 5 fully saturated rings. The van der Waals surface area contributed by atoms with Crippen LogP contribution in [0.3, 0.4) is 0 Å². The molecule has 31 heavy (non-hydrogen) atoms. The molecule has 4 nitrogen and oxygen atoms in total. The normalized spacial score (nSPS) is 34.5. The van der Waals surface area contributed by atoms with E-state index in [1.54, 1.807) is 0 Å². The highest BCUT2D eigenvalue weighted by Gasteiger charge is 2.61. The highest BCUT2D eigenvalue weighted by Crippen LogP contribution is 2.66. The summed E-state index contributed by atoms with van der Waals surface area (Å²) in [6, 6.07) is 6.91. The Hall–Kier alpha value is -1.84. The number of amides is 1. The molecule has 0 aromatic heterocycles. The number of nitrogens with zero attached hydrogens (tertiary/aromatic N) is 1. The van der Waals surface area contributed by atoms with E-state index in [0.29, 0.717) is 11.8 Å². The van der Waals surface area contributed by atoms with Crippen molar-refractivity contribution in [2.75, 3.05) is 19.7 Å². The molecule has 1 heterocycles. The van der Waals surface area contributed by atoms with Crippen LogP contribution in [-0.2, 0) is 19.7 Å². The first kappa shape index (κ1) is 21.0. The van der Waals surface area contributed by atoms with Crippen molar-refractivity contribution in [3.05, 3.63) is 34.9 Å². The Morgan fingerprint density at radius 1 is 0.968 bits per heavy atom. The van der Waals surface area contributed by atoms with Crippen LogP contribution in [0.2, 0.25) is 0 Å². The lowest BCUT2D eigenvalue weighted by atomic mass is 9.43. The van der Waals surface area contributed by atoms with Crippen LogP contribution < -0.4 is 0 Å². The van der Waals surface area contributed by atoms with Gasteiger partial charge in [0.15, 0.2) is 6.61 Å². The summed E-state index contributed by atoms with van der Waals surface area (Å²) in [5, 5.41) is 0. The average Bonchev–Trinajstić information content (AvgIpc) is 3.02. The van der Waals surface area contributed by atoms with E-state index in [4.69, 9.17) is 4.74 Å². The summed E-state index contributed by atoms with van der Waals surface area (Å²) in [6.07, 6.45) is 11.0. The molecule has 4 atom stereocenters. The van der Waals surface area contributed by atoms with Gasteiger partial charge in [-0.3, -0.25) is 9.59 Å². The highest BCUT2D eigenvalue weighted by atomic mass is 16.5. The van der Waals surface area contributed by atoms with E-state index in [2.05, 4.69) is 32.0 Å². The largest absolute Gasteiger partial charge is 0.455 e. The zero-order valence-electron chi connectivity index (χ0n) is 19.3. The van der Waals surface area contributed by atoms with E-state index in [9.17, 15) is 9.59 Å². The maximum Gasteiger partial charge on any atom is 0.312 e. The van der Waals surface area contributed by atoms with Crippen molar-refractivity contribution < 1.29 is 14.3 Å². The fourth-order valence-electron chi connectivity index (χ4n) is 7.60. The molecular weight excluding hydrogens is 386 g/mol. The third-order valence-electron chi connectivity index (χ3n) is 8.90. The van der Waals surface area contributed by atoms with Crippen LogP contribution in [0.1, 0.15) is 80.9 Å².